The van der Waals surface area contributed by atoms with Crippen LogP contribution >= 0.6 is 0 Å². The molecule has 0 aliphatic carbocycles. The fourth-order valence-electron chi connectivity index (χ4n) is 5.12. The number of piperidine rings is 2. The van der Waals surface area contributed by atoms with Crippen LogP contribution < -0.4 is 10.6 Å². The van der Waals surface area contributed by atoms with Crippen LogP contribution in [-0.2, 0) is 10.0 Å². The first-order valence-corrected chi connectivity index (χ1v) is 12.9. The van der Waals surface area contributed by atoms with Crippen molar-refractivity contribution in [2.24, 2.45) is 0 Å². The van der Waals surface area contributed by atoms with Gasteiger partial charge >= 0.3 is 0 Å². The molecule has 3 N–H and O–H groups in total. The summed E-state index contributed by atoms with van der Waals surface area (Å²) < 4.78 is 27.2. The van der Waals surface area contributed by atoms with E-state index in [-0.39, 0.29) is 23.9 Å². The van der Waals surface area contributed by atoms with Crippen molar-refractivity contribution in [1.82, 2.24) is 24.5 Å². The van der Waals surface area contributed by atoms with Crippen LogP contribution in [0.5, 0.6) is 0 Å². The van der Waals surface area contributed by atoms with Crippen LogP contribution in [0.15, 0.2) is 30.5 Å². The Morgan fingerprint density at radius 1 is 1.19 bits per heavy atom. The van der Waals surface area contributed by atoms with E-state index in [9.17, 15) is 8.42 Å². The monoisotopic (exact) mass is 455 g/mol. The Morgan fingerprint density at radius 3 is 2.66 bits per heavy atom. The van der Waals surface area contributed by atoms with Gasteiger partial charge in [0.2, 0.25) is 10.0 Å². The van der Waals surface area contributed by atoms with Gasteiger partial charge in [-0.2, -0.15) is 9.40 Å². The molecule has 3 aromatic heterocycles. The number of hydrogen-bond acceptors (Lipinski definition) is 7. The molecule has 2 aliphatic rings. The van der Waals surface area contributed by atoms with E-state index in [0.717, 1.165) is 54.5 Å². The summed E-state index contributed by atoms with van der Waals surface area (Å²) >= 11 is 0. The van der Waals surface area contributed by atoms with Crippen molar-refractivity contribution in [3.8, 4) is 0 Å². The van der Waals surface area contributed by atoms with E-state index in [0.29, 0.717) is 11.6 Å². The lowest BCUT2D eigenvalue weighted by atomic mass is 9.84. The summed E-state index contributed by atoms with van der Waals surface area (Å²) in [5.41, 5.74) is 1.80. The summed E-state index contributed by atoms with van der Waals surface area (Å²) in [6, 6.07) is 8.03. The number of aryl methyl sites for hydroxylation is 1. The number of fused-ring (bicyclic) bond motifs is 3. The Labute approximate surface area is 188 Å². The van der Waals surface area contributed by atoms with Crippen molar-refractivity contribution < 1.29 is 8.42 Å². The smallest absolute Gasteiger partial charge is 0.214 e. The quantitative estimate of drug-likeness (QED) is 0.520. The van der Waals surface area contributed by atoms with Crippen LogP contribution in [0.2, 0.25) is 0 Å². The zero-order chi connectivity index (χ0) is 22.3. The van der Waals surface area contributed by atoms with Crippen molar-refractivity contribution >= 4 is 38.4 Å². The van der Waals surface area contributed by atoms with Crippen molar-refractivity contribution in [1.29, 1.82) is 0 Å². The molecule has 2 bridgehead atoms. The van der Waals surface area contributed by atoms with E-state index in [2.05, 4.69) is 25.8 Å². The zero-order valence-corrected chi connectivity index (χ0v) is 19.2. The van der Waals surface area contributed by atoms with Gasteiger partial charge in [-0.25, -0.2) is 13.4 Å². The molecule has 0 saturated carbocycles. The highest BCUT2D eigenvalue weighted by atomic mass is 32.2. The molecule has 0 spiro atoms. The lowest BCUT2D eigenvalue weighted by molar-refractivity contribution is 0.116. The maximum Gasteiger partial charge on any atom is 0.214 e. The fourth-order valence-corrected chi connectivity index (χ4v) is 6.70. The number of aromatic amines is 1. The van der Waals surface area contributed by atoms with Gasteiger partial charge in [0.1, 0.15) is 11.6 Å². The van der Waals surface area contributed by atoms with E-state index in [1.165, 1.54) is 0 Å². The lowest BCUT2D eigenvalue weighted by Crippen LogP contribution is -2.57. The zero-order valence-electron chi connectivity index (χ0n) is 18.4. The molecule has 0 aromatic carbocycles. The number of nitrogens with zero attached hydrogens (tertiary/aromatic N) is 4. The van der Waals surface area contributed by atoms with E-state index in [1.807, 2.05) is 31.2 Å². The number of rotatable bonds is 6. The van der Waals surface area contributed by atoms with Crippen LogP contribution in [-0.4, -0.2) is 56.8 Å². The Balaban J connectivity index is 1.42. The van der Waals surface area contributed by atoms with Crippen molar-refractivity contribution in [2.75, 3.05) is 16.4 Å². The summed E-state index contributed by atoms with van der Waals surface area (Å²) in [6.45, 7) is 3.68. The predicted molar refractivity (Wildman–Crippen MR) is 126 cm³/mol. The molecule has 0 radical (unpaired) electrons. The second-order valence-electron chi connectivity index (χ2n) is 8.77. The summed E-state index contributed by atoms with van der Waals surface area (Å²) in [4.78, 5) is 9.35. The fraction of sp³-hybridized carbons (Fsp3) is 0.500. The Bertz CT molecular complexity index is 1210. The number of aromatic nitrogens is 4. The van der Waals surface area contributed by atoms with Gasteiger partial charge in [-0.3, -0.25) is 10.1 Å². The topological polar surface area (TPSA) is 116 Å². The third kappa shape index (κ3) is 4.04. The Hall–Kier alpha value is -2.72. The minimum Gasteiger partial charge on any atom is -0.367 e. The molecule has 2 saturated heterocycles. The molecular weight excluding hydrogens is 426 g/mol. The average Bonchev–Trinajstić information content (AvgIpc) is 3.17. The number of sulfonamides is 1. The second kappa shape index (κ2) is 8.32. The van der Waals surface area contributed by atoms with Crippen LogP contribution in [0.4, 0.5) is 17.5 Å². The SMILES string of the molecule is CCS(=O)(=O)N1[C@@H]2CCC[C@H]1C[C@@H](Nc1nc(Nc3cc(C)[nH]n3)cc3ncccc13)C2. The number of anilines is 3. The molecule has 2 fully saturated rings. The van der Waals surface area contributed by atoms with Crippen molar-refractivity contribution in [3.63, 3.8) is 0 Å². The molecule has 0 unspecified atom stereocenters. The molecule has 32 heavy (non-hydrogen) atoms. The maximum atomic E-state index is 12.7. The lowest BCUT2D eigenvalue weighted by Gasteiger charge is -2.47. The van der Waals surface area contributed by atoms with Gasteiger partial charge < -0.3 is 10.6 Å². The van der Waals surface area contributed by atoms with Crippen LogP contribution in [0, 0.1) is 6.92 Å². The Kier molecular flexibility index (Phi) is 5.50. The average molecular weight is 456 g/mol. The third-order valence-electron chi connectivity index (χ3n) is 6.50. The molecule has 170 valence electrons. The normalized spacial score (nSPS) is 23.9. The molecule has 3 atom stereocenters. The minimum absolute atomic E-state index is 0.0580. The highest BCUT2D eigenvalue weighted by Gasteiger charge is 2.43. The van der Waals surface area contributed by atoms with Crippen molar-refractivity contribution in [2.45, 2.75) is 64.1 Å². The third-order valence-corrected chi connectivity index (χ3v) is 8.46. The minimum atomic E-state index is -3.19. The molecule has 5 heterocycles. The van der Waals surface area contributed by atoms with E-state index in [4.69, 9.17) is 4.98 Å². The van der Waals surface area contributed by atoms with Crippen molar-refractivity contribution in [3.05, 3.63) is 36.2 Å². The van der Waals surface area contributed by atoms with Gasteiger partial charge in [0.15, 0.2) is 5.82 Å². The molecular formula is C22H29N7O2S. The first-order valence-electron chi connectivity index (χ1n) is 11.3. The first-order chi connectivity index (χ1) is 15.4. The van der Waals surface area contributed by atoms with Gasteiger partial charge in [-0.05, 0) is 51.7 Å². The van der Waals surface area contributed by atoms with Gasteiger partial charge in [0.05, 0.1) is 11.3 Å². The maximum absolute atomic E-state index is 12.7. The molecule has 0 amide bonds. The first kappa shape index (κ1) is 21.1. The largest absolute Gasteiger partial charge is 0.367 e. The number of hydrogen-bond donors (Lipinski definition) is 3. The van der Waals surface area contributed by atoms with Crippen LogP contribution in [0.3, 0.4) is 0 Å². The second-order valence-corrected chi connectivity index (χ2v) is 10.9. The van der Waals surface area contributed by atoms with Gasteiger partial charge in [-0.15, -0.1) is 0 Å². The van der Waals surface area contributed by atoms with Gasteiger partial charge in [-0.1, -0.05) is 6.42 Å². The van der Waals surface area contributed by atoms with Gasteiger partial charge in [0.25, 0.3) is 0 Å². The van der Waals surface area contributed by atoms with Crippen LogP contribution in [0.1, 0.15) is 44.7 Å². The number of nitrogens with one attached hydrogen (secondary N) is 3. The summed E-state index contributed by atoms with van der Waals surface area (Å²) in [6.07, 6.45) is 6.27. The highest BCUT2D eigenvalue weighted by Crippen LogP contribution is 2.38. The standard InChI is InChI=1S/C22H29N7O2S/c1-3-32(30,31)29-16-6-4-7-17(29)12-15(11-16)24-22-18-8-5-9-23-19(18)13-20(26-22)25-21-10-14(2)27-28-21/h5,8-10,13,15-17H,3-4,6-7,11-12H2,1-2H3,(H3,24,25,26,27,28)/t15-,16+,17-. The molecule has 2 aliphatic heterocycles. The Morgan fingerprint density at radius 2 is 1.97 bits per heavy atom. The molecule has 9 nitrogen and oxygen atoms in total. The summed E-state index contributed by atoms with van der Waals surface area (Å²) in [5.74, 6) is 2.29. The van der Waals surface area contributed by atoms with Gasteiger partial charge in [0, 0.05) is 47.5 Å². The van der Waals surface area contributed by atoms with E-state index in [1.54, 1.807) is 17.4 Å². The number of pyridine rings is 2. The molecule has 10 heteroatoms. The summed E-state index contributed by atoms with van der Waals surface area (Å²) in [7, 11) is -3.19. The molecule has 5 rings (SSSR count). The number of H-pyrrole nitrogens is 1. The predicted octanol–water partition coefficient (Wildman–Crippen LogP) is 3.55. The van der Waals surface area contributed by atoms with E-state index < -0.39 is 10.0 Å². The summed E-state index contributed by atoms with van der Waals surface area (Å²) in [5, 5.41) is 15.0. The molecule has 3 aromatic rings. The van der Waals surface area contributed by atoms with Crippen LogP contribution in [0.25, 0.3) is 10.9 Å². The van der Waals surface area contributed by atoms with E-state index >= 15 is 0 Å². The highest BCUT2D eigenvalue weighted by molar-refractivity contribution is 7.89.